The summed E-state index contributed by atoms with van der Waals surface area (Å²) in [5.74, 6) is 0.572. The van der Waals surface area contributed by atoms with Crippen molar-refractivity contribution in [3.8, 4) is 5.88 Å². The van der Waals surface area contributed by atoms with E-state index in [9.17, 15) is 0 Å². The molecule has 1 aromatic rings. The van der Waals surface area contributed by atoms with E-state index < -0.39 is 0 Å². The van der Waals surface area contributed by atoms with Gasteiger partial charge in [0.05, 0.1) is 0 Å². The molecule has 1 aliphatic carbocycles. The molecule has 2 saturated heterocycles. The second kappa shape index (κ2) is 4.60. The highest BCUT2D eigenvalue weighted by Crippen LogP contribution is 2.43. The number of nitrogens with zero attached hydrogens (tertiary/aromatic N) is 2. The number of aromatic nitrogens is 2. The molecule has 19 heavy (non-hydrogen) atoms. The smallest absolute Gasteiger partial charge is 0.233 e. The average Bonchev–Trinajstić information content (AvgIpc) is 2.56. The van der Waals surface area contributed by atoms with Gasteiger partial charge in [-0.15, -0.1) is 10.2 Å². The van der Waals surface area contributed by atoms with Gasteiger partial charge in [-0.05, 0) is 37.7 Å². The average molecular weight is 282 g/mol. The Labute approximate surface area is 118 Å². The third-order valence-electron chi connectivity index (χ3n) is 4.52. The van der Waals surface area contributed by atoms with Crippen molar-refractivity contribution in [3.63, 3.8) is 0 Å². The van der Waals surface area contributed by atoms with Gasteiger partial charge in [-0.2, -0.15) is 0 Å². The van der Waals surface area contributed by atoms with Crippen LogP contribution in [-0.2, 0) is 0 Å². The molecule has 0 aromatic carbocycles. The van der Waals surface area contributed by atoms with Gasteiger partial charge >= 0.3 is 0 Å². The van der Waals surface area contributed by atoms with E-state index >= 15 is 0 Å². The van der Waals surface area contributed by atoms with E-state index in [0.717, 1.165) is 19.4 Å². The van der Waals surface area contributed by atoms with Crippen molar-refractivity contribution in [2.24, 2.45) is 5.41 Å². The number of piperidine rings is 1. The van der Waals surface area contributed by atoms with Crippen LogP contribution in [0.5, 0.6) is 5.88 Å². The van der Waals surface area contributed by atoms with Gasteiger partial charge in [0.25, 0.3) is 0 Å². The van der Waals surface area contributed by atoms with Crippen molar-refractivity contribution in [2.75, 3.05) is 6.54 Å². The summed E-state index contributed by atoms with van der Waals surface area (Å²) in [4.78, 5) is 0. The highest BCUT2D eigenvalue weighted by Gasteiger charge is 2.44. The standard InChI is InChI=1S/C14H20ClN3O/c1-13-5-6-14(2,16-9-13)8-10(7-13)19-12-4-3-11(15)17-18-12/h3-4,10,16H,5-9H2,1-2H3/t10-,13+,14-/m1/s1. The Bertz CT molecular complexity index is 434. The monoisotopic (exact) mass is 281 g/mol. The molecule has 5 heteroatoms. The van der Waals surface area contributed by atoms with Crippen molar-refractivity contribution >= 4 is 11.6 Å². The van der Waals surface area contributed by atoms with Crippen LogP contribution in [0.2, 0.25) is 5.15 Å². The zero-order valence-corrected chi connectivity index (χ0v) is 12.2. The second-order valence-corrected chi connectivity index (χ2v) is 6.95. The summed E-state index contributed by atoms with van der Waals surface area (Å²) in [5.41, 5.74) is 0.529. The van der Waals surface area contributed by atoms with E-state index in [2.05, 4.69) is 29.4 Å². The Morgan fingerprint density at radius 2 is 2.11 bits per heavy atom. The van der Waals surface area contributed by atoms with E-state index in [1.807, 2.05) is 0 Å². The van der Waals surface area contributed by atoms with Crippen molar-refractivity contribution in [3.05, 3.63) is 17.3 Å². The minimum Gasteiger partial charge on any atom is -0.473 e. The predicted molar refractivity (Wildman–Crippen MR) is 74.4 cm³/mol. The topological polar surface area (TPSA) is 47.0 Å². The quantitative estimate of drug-likeness (QED) is 0.905. The first-order chi connectivity index (χ1) is 8.96. The molecule has 1 N–H and O–H groups in total. The SMILES string of the molecule is C[C@]12CC[C@](C)(C[C@H](Oc3ccc(Cl)nn3)C1)NC2. The molecule has 0 unspecified atom stereocenters. The van der Waals surface area contributed by atoms with Crippen LogP contribution in [0.25, 0.3) is 0 Å². The maximum atomic E-state index is 6.03. The highest BCUT2D eigenvalue weighted by molar-refractivity contribution is 6.29. The fourth-order valence-electron chi connectivity index (χ4n) is 3.27. The molecule has 1 saturated carbocycles. The van der Waals surface area contributed by atoms with Crippen LogP contribution in [0, 0.1) is 5.41 Å². The fraction of sp³-hybridized carbons (Fsp3) is 0.714. The summed E-state index contributed by atoms with van der Waals surface area (Å²) in [6.45, 7) is 5.71. The number of nitrogens with one attached hydrogen (secondary N) is 1. The molecule has 3 aliphatic rings. The Hall–Kier alpha value is -0.870. The van der Waals surface area contributed by atoms with Crippen molar-refractivity contribution in [1.82, 2.24) is 15.5 Å². The molecule has 0 spiro atoms. The normalized spacial score (nSPS) is 37.9. The zero-order valence-electron chi connectivity index (χ0n) is 11.4. The number of hydrogen-bond donors (Lipinski definition) is 1. The van der Waals surface area contributed by atoms with Crippen LogP contribution in [-0.4, -0.2) is 28.4 Å². The van der Waals surface area contributed by atoms with Crippen LogP contribution < -0.4 is 10.1 Å². The summed E-state index contributed by atoms with van der Waals surface area (Å²) in [6.07, 6.45) is 4.77. The first-order valence-corrected chi connectivity index (χ1v) is 7.25. The van der Waals surface area contributed by atoms with Crippen LogP contribution in [0.4, 0.5) is 0 Å². The van der Waals surface area contributed by atoms with Gasteiger partial charge < -0.3 is 10.1 Å². The summed E-state index contributed by atoms with van der Waals surface area (Å²) >= 11 is 5.74. The molecule has 4 rings (SSSR count). The zero-order chi connectivity index (χ0) is 13.5. The van der Waals surface area contributed by atoms with E-state index in [1.165, 1.54) is 12.8 Å². The number of hydrogen-bond acceptors (Lipinski definition) is 4. The van der Waals surface area contributed by atoms with Gasteiger partial charge in [0.2, 0.25) is 5.88 Å². The van der Waals surface area contributed by atoms with Gasteiger partial charge in [0.1, 0.15) is 6.10 Å². The molecule has 3 fully saturated rings. The minimum atomic E-state index is 0.195. The van der Waals surface area contributed by atoms with E-state index in [4.69, 9.17) is 16.3 Å². The molecule has 4 nitrogen and oxygen atoms in total. The molecule has 3 heterocycles. The lowest BCUT2D eigenvalue weighted by molar-refractivity contribution is 0.134. The molecule has 0 amide bonds. The van der Waals surface area contributed by atoms with Gasteiger partial charge in [-0.1, -0.05) is 18.5 Å². The Morgan fingerprint density at radius 1 is 1.26 bits per heavy atom. The molecule has 1 aromatic heterocycles. The van der Waals surface area contributed by atoms with Gasteiger partial charge in [-0.25, -0.2) is 0 Å². The largest absolute Gasteiger partial charge is 0.473 e. The molecular weight excluding hydrogens is 262 g/mol. The van der Waals surface area contributed by atoms with Gasteiger partial charge in [0.15, 0.2) is 5.15 Å². The Morgan fingerprint density at radius 3 is 2.74 bits per heavy atom. The number of ether oxygens (including phenoxy) is 1. The molecular formula is C14H20ClN3O. The minimum absolute atomic E-state index is 0.195. The highest BCUT2D eigenvalue weighted by atomic mass is 35.5. The van der Waals surface area contributed by atoms with Crippen molar-refractivity contribution in [1.29, 1.82) is 0 Å². The molecule has 3 atom stereocenters. The van der Waals surface area contributed by atoms with E-state index in [-0.39, 0.29) is 11.6 Å². The lowest BCUT2D eigenvalue weighted by atomic mass is 9.78. The Kier molecular flexibility index (Phi) is 3.18. The first kappa shape index (κ1) is 13.1. The maximum absolute atomic E-state index is 6.03. The van der Waals surface area contributed by atoms with Crippen LogP contribution in [0.15, 0.2) is 12.1 Å². The van der Waals surface area contributed by atoms with Gasteiger partial charge in [0, 0.05) is 24.6 Å². The second-order valence-electron chi connectivity index (χ2n) is 6.57. The molecule has 2 aliphatic heterocycles. The van der Waals surface area contributed by atoms with Crippen LogP contribution in [0.3, 0.4) is 0 Å². The molecule has 0 radical (unpaired) electrons. The number of fused-ring (bicyclic) bond motifs is 4. The number of halogens is 1. The summed E-state index contributed by atoms with van der Waals surface area (Å²) in [5, 5.41) is 11.9. The van der Waals surface area contributed by atoms with Crippen molar-refractivity contribution < 1.29 is 4.74 Å². The predicted octanol–water partition coefficient (Wildman–Crippen LogP) is 2.82. The third kappa shape index (κ3) is 2.84. The van der Waals surface area contributed by atoms with Crippen LogP contribution in [0.1, 0.15) is 39.5 Å². The van der Waals surface area contributed by atoms with E-state index in [1.54, 1.807) is 12.1 Å². The lowest BCUT2D eigenvalue weighted by Crippen LogP contribution is -2.50. The van der Waals surface area contributed by atoms with Crippen LogP contribution >= 0.6 is 11.6 Å². The van der Waals surface area contributed by atoms with Crippen molar-refractivity contribution in [2.45, 2.75) is 51.2 Å². The maximum Gasteiger partial charge on any atom is 0.233 e. The first-order valence-electron chi connectivity index (χ1n) is 6.87. The molecule has 2 bridgehead atoms. The molecule has 104 valence electrons. The summed E-state index contributed by atoms with van der Waals surface area (Å²) in [6, 6.07) is 3.51. The third-order valence-corrected chi connectivity index (χ3v) is 4.72. The lowest BCUT2D eigenvalue weighted by Gasteiger charge is -2.39. The number of rotatable bonds is 2. The summed E-state index contributed by atoms with van der Waals surface area (Å²) < 4.78 is 6.03. The van der Waals surface area contributed by atoms with Gasteiger partial charge in [-0.3, -0.25) is 0 Å². The van der Waals surface area contributed by atoms with E-state index in [0.29, 0.717) is 16.4 Å². The summed E-state index contributed by atoms with van der Waals surface area (Å²) in [7, 11) is 0. The fourth-order valence-corrected chi connectivity index (χ4v) is 3.38. The Balaban J connectivity index is 1.76.